The number of rotatable bonds is 5. The Morgan fingerprint density at radius 1 is 1.03 bits per heavy atom. The first-order chi connectivity index (χ1) is 16.7. The maximum atomic E-state index is 11.7. The van der Waals surface area contributed by atoms with Gasteiger partial charge in [-0.05, 0) is 64.8 Å². The van der Waals surface area contributed by atoms with Gasteiger partial charge in [-0.15, -0.1) is 0 Å². The molecule has 0 amide bonds. The molecule has 3 aromatic rings. The van der Waals surface area contributed by atoms with Gasteiger partial charge in [0.1, 0.15) is 0 Å². The molecule has 5 nitrogen and oxygen atoms in total. The number of hydrogen-bond acceptors (Lipinski definition) is 3. The van der Waals surface area contributed by atoms with Crippen LogP contribution in [0.25, 0.3) is 5.69 Å². The molecule has 5 heteroatoms. The van der Waals surface area contributed by atoms with E-state index in [2.05, 4.69) is 30.0 Å². The van der Waals surface area contributed by atoms with Gasteiger partial charge in [-0.25, -0.2) is 4.68 Å². The van der Waals surface area contributed by atoms with E-state index in [1.165, 1.54) is 24.2 Å². The molecule has 0 saturated heterocycles. The van der Waals surface area contributed by atoms with Crippen molar-refractivity contribution in [2.24, 2.45) is 0 Å². The first kappa shape index (κ1) is 27.6. The monoisotopic (exact) mass is 473 g/mol. The summed E-state index contributed by atoms with van der Waals surface area (Å²) < 4.78 is 1.78. The molecular formula is C30H39N3O2. The minimum atomic E-state index is -0.828. The van der Waals surface area contributed by atoms with E-state index in [-0.39, 0.29) is 0 Å². The van der Waals surface area contributed by atoms with Gasteiger partial charge in [0.15, 0.2) is 0 Å². The zero-order chi connectivity index (χ0) is 25.8. The van der Waals surface area contributed by atoms with Crippen LogP contribution in [-0.4, -0.2) is 39.3 Å². The molecule has 1 aliphatic heterocycles. The summed E-state index contributed by atoms with van der Waals surface area (Å²) >= 11 is 0. The van der Waals surface area contributed by atoms with Gasteiger partial charge >= 0.3 is 5.97 Å². The number of carbonyl (C=O) groups is 1. The van der Waals surface area contributed by atoms with Crippen molar-refractivity contribution in [1.82, 2.24) is 14.7 Å². The van der Waals surface area contributed by atoms with Crippen molar-refractivity contribution in [3.8, 4) is 5.69 Å². The SMILES string of the molecule is C/C=C\C.CC1=CCCN1C.Cc1ccc(-n2ccc(CC(C(=O)O)c3cccc(C)c3)n2)cc1. The number of allylic oxidation sites excluding steroid dienone is 3. The molecule has 2 heterocycles. The predicted molar refractivity (Wildman–Crippen MR) is 145 cm³/mol. The zero-order valence-corrected chi connectivity index (χ0v) is 21.9. The minimum absolute atomic E-state index is 0.373. The van der Waals surface area contributed by atoms with Crippen LogP contribution in [0.3, 0.4) is 0 Å². The second-order valence-corrected chi connectivity index (χ2v) is 8.82. The van der Waals surface area contributed by atoms with E-state index in [1.807, 2.05) is 101 Å². The lowest BCUT2D eigenvalue weighted by molar-refractivity contribution is -0.138. The summed E-state index contributed by atoms with van der Waals surface area (Å²) in [6.07, 6.45) is 9.75. The Kier molecular flexibility index (Phi) is 11.0. The van der Waals surface area contributed by atoms with Gasteiger partial charge in [-0.3, -0.25) is 4.79 Å². The van der Waals surface area contributed by atoms with Crippen LogP contribution < -0.4 is 0 Å². The van der Waals surface area contributed by atoms with Crippen LogP contribution in [0.5, 0.6) is 0 Å². The maximum Gasteiger partial charge on any atom is 0.311 e. The van der Waals surface area contributed by atoms with Gasteiger partial charge < -0.3 is 10.0 Å². The lowest BCUT2D eigenvalue weighted by atomic mass is 9.93. The third-order valence-electron chi connectivity index (χ3n) is 5.94. The van der Waals surface area contributed by atoms with Crippen molar-refractivity contribution in [3.63, 3.8) is 0 Å². The summed E-state index contributed by atoms with van der Waals surface area (Å²) in [5.74, 6) is -1.42. The van der Waals surface area contributed by atoms with E-state index >= 15 is 0 Å². The molecule has 0 saturated carbocycles. The Morgan fingerprint density at radius 3 is 2.20 bits per heavy atom. The highest BCUT2D eigenvalue weighted by Gasteiger charge is 2.21. The molecule has 2 aromatic carbocycles. The molecule has 0 spiro atoms. The van der Waals surface area contributed by atoms with Crippen LogP contribution in [0.1, 0.15) is 55.5 Å². The Labute approximate surface area is 210 Å². The molecule has 1 atom stereocenters. The summed E-state index contributed by atoms with van der Waals surface area (Å²) in [6.45, 7) is 11.4. The van der Waals surface area contributed by atoms with Gasteiger partial charge in [0.2, 0.25) is 0 Å². The third-order valence-corrected chi connectivity index (χ3v) is 5.94. The summed E-state index contributed by atoms with van der Waals surface area (Å²) in [6, 6.07) is 17.6. The number of carboxylic acid groups (broad SMARTS) is 1. The van der Waals surface area contributed by atoms with Crippen LogP contribution in [0.4, 0.5) is 0 Å². The number of aryl methyl sites for hydroxylation is 2. The molecule has 0 fully saturated rings. The zero-order valence-electron chi connectivity index (χ0n) is 21.9. The van der Waals surface area contributed by atoms with Crippen LogP contribution in [0, 0.1) is 13.8 Å². The summed E-state index contributed by atoms with van der Waals surface area (Å²) in [4.78, 5) is 14.0. The Balaban J connectivity index is 0.000000325. The normalized spacial score (nSPS) is 13.4. The highest BCUT2D eigenvalue weighted by atomic mass is 16.4. The highest BCUT2D eigenvalue weighted by molar-refractivity contribution is 5.76. The van der Waals surface area contributed by atoms with Crippen molar-refractivity contribution < 1.29 is 9.90 Å². The molecule has 1 unspecified atom stereocenters. The van der Waals surface area contributed by atoms with Gasteiger partial charge in [0.25, 0.3) is 0 Å². The minimum Gasteiger partial charge on any atom is -0.481 e. The van der Waals surface area contributed by atoms with Crippen molar-refractivity contribution in [2.45, 2.75) is 53.4 Å². The molecule has 35 heavy (non-hydrogen) atoms. The topological polar surface area (TPSA) is 58.4 Å². The van der Waals surface area contributed by atoms with Crippen LogP contribution in [0.2, 0.25) is 0 Å². The molecule has 0 radical (unpaired) electrons. The third kappa shape index (κ3) is 8.93. The first-order valence-corrected chi connectivity index (χ1v) is 12.1. The highest BCUT2D eigenvalue weighted by Crippen LogP contribution is 2.22. The number of benzene rings is 2. The Bertz CT molecular complexity index is 1120. The number of aromatic nitrogens is 2. The van der Waals surface area contributed by atoms with Gasteiger partial charge in [-0.2, -0.15) is 5.10 Å². The smallest absolute Gasteiger partial charge is 0.311 e. The second-order valence-electron chi connectivity index (χ2n) is 8.82. The quantitative estimate of drug-likeness (QED) is 0.419. The number of hydrogen-bond donors (Lipinski definition) is 1. The van der Waals surface area contributed by atoms with E-state index in [1.54, 1.807) is 4.68 Å². The van der Waals surface area contributed by atoms with E-state index in [4.69, 9.17) is 0 Å². The van der Waals surface area contributed by atoms with Crippen LogP contribution in [-0.2, 0) is 11.2 Å². The van der Waals surface area contributed by atoms with Gasteiger partial charge in [0, 0.05) is 31.9 Å². The van der Waals surface area contributed by atoms with E-state index in [9.17, 15) is 9.90 Å². The maximum absolute atomic E-state index is 11.7. The molecule has 0 aliphatic carbocycles. The van der Waals surface area contributed by atoms with E-state index < -0.39 is 11.9 Å². The fourth-order valence-electron chi connectivity index (χ4n) is 3.55. The molecule has 1 aromatic heterocycles. The molecule has 0 bridgehead atoms. The number of aliphatic carboxylic acids is 1. The molecule has 1 aliphatic rings. The number of carboxylic acids is 1. The summed E-state index contributed by atoms with van der Waals surface area (Å²) in [7, 11) is 2.12. The van der Waals surface area contributed by atoms with Crippen molar-refractivity contribution in [2.75, 3.05) is 13.6 Å². The Morgan fingerprint density at radius 2 is 1.71 bits per heavy atom. The summed E-state index contributed by atoms with van der Waals surface area (Å²) in [5.41, 5.74) is 6.21. The molecular weight excluding hydrogens is 434 g/mol. The van der Waals surface area contributed by atoms with E-state index in [0.717, 1.165) is 22.5 Å². The van der Waals surface area contributed by atoms with Crippen LogP contribution in [0.15, 0.2) is 84.7 Å². The van der Waals surface area contributed by atoms with Crippen molar-refractivity contribution >= 4 is 5.97 Å². The fourth-order valence-corrected chi connectivity index (χ4v) is 3.55. The largest absolute Gasteiger partial charge is 0.481 e. The number of nitrogens with zero attached hydrogens (tertiary/aromatic N) is 3. The Hall–Kier alpha value is -3.60. The fraction of sp³-hybridized carbons (Fsp3) is 0.333. The van der Waals surface area contributed by atoms with Crippen molar-refractivity contribution in [1.29, 1.82) is 0 Å². The average molecular weight is 474 g/mol. The standard InChI is InChI=1S/C20H20N2O2.C6H11N.C4H8/c1-14-6-8-18(9-7-14)22-11-10-17(21-22)13-19(20(23)24)16-5-3-4-15(2)12-16;1-6-4-3-5-7(6)2;1-3-4-2/h3-12,19H,13H2,1-2H3,(H,23,24);4H,3,5H2,1-2H3;3-4H,1-2H3/b;;4-3-. The molecule has 1 N–H and O–H groups in total. The lowest BCUT2D eigenvalue weighted by Gasteiger charge is -2.12. The van der Waals surface area contributed by atoms with Crippen LogP contribution >= 0.6 is 0 Å². The van der Waals surface area contributed by atoms with Gasteiger partial charge in [-0.1, -0.05) is 65.8 Å². The lowest BCUT2D eigenvalue weighted by Crippen LogP contribution is -2.15. The second kappa shape index (κ2) is 14.0. The van der Waals surface area contributed by atoms with Gasteiger partial charge in [0.05, 0.1) is 17.3 Å². The molecule has 186 valence electrons. The molecule has 4 rings (SSSR count). The van der Waals surface area contributed by atoms with E-state index in [0.29, 0.717) is 6.42 Å². The predicted octanol–water partition coefficient (Wildman–Crippen LogP) is 6.71. The summed E-state index contributed by atoms with van der Waals surface area (Å²) in [5, 5.41) is 14.1. The first-order valence-electron chi connectivity index (χ1n) is 12.1. The average Bonchev–Trinajstić information content (AvgIpc) is 3.47. The van der Waals surface area contributed by atoms with Crippen molar-refractivity contribution in [3.05, 3.63) is 107 Å².